The van der Waals surface area contributed by atoms with E-state index in [0.717, 1.165) is 31.0 Å². The minimum absolute atomic E-state index is 0. The molecule has 0 radical (unpaired) electrons. The van der Waals surface area contributed by atoms with Crippen LogP contribution >= 0.6 is 24.0 Å². The maximum Gasteiger partial charge on any atom is 0.203 e. The Bertz CT molecular complexity index is 657. The third-order valence-corrected chi connectivity index (χ3v) is 5.59. The second-order valence-electron chi connectivity index (χ2n) is 7.64. The number of aliphatic imine (C=N–C) groups is 1. The lowest BCUT2D eigenvalue weighted by Gasteiger charge is -2.34. The molecular formula is C23H42IN5O3. The molecule has 2 rings (SSSR count). The van der Waals surface area contributed by atoms with Gasteiger partial charge in [-0.2, -0.15) is 0 Å². The first-order valence-corrected chi connectivity index (χ1v) is 11.4. The monoisotopic (exact) mass is 563 g/mol. The number of methoxy groups -OCH3 is 3. The highest BCUT2D eigenvalue weighted by Crippen LogP contribution is 2.38. The van der Waals surface area contributed by atoms with Gasteiger partial charge >= 0.3 is 0 Å². The number of benzene rings is 1. The normalized spacial score (nSPS) is 15.1. The molecule has 184 valence electrons. The molecule has 0 atom stereocenters. The second kappa shape index (κ2) is 16.2. The fourth-order valence-electron chi connectivity index (χ4n) is 3.74. The summed E-state index contributed by atoms with van der Waals surface area (Å²) in [6, 6.07) is 3.87. The Balaban J connectivity index is 0.00000512. The largest absolute Gasteiger partial charge is 0.493 e. The van der Waals surface area contributed by atoms with E-state index in [1.54, 1.807) is 21.3 Å². The molecule has 0 saturated carbocycles. The minimum atomic E-state index is 0. The van der Waals surface area contributed by atoms with Gasteiger partial charge in [0, 0.05) is 39.3 Å². The lowest BCUT2D eigenvalue weighted by Crippen LogP contribution is -2.46. The van der Waals surface area contributed by atoms with E-state index in [-0.39, 0.29) is 24.0 Å². The van der Waals surface area contributed by atoms with E-state index in [1.165, 1.54) is 45.7 Å². The Kier molecular flexibility index (Phi) is 14.5. The number of likely N-dealkylation sites (N-methyl/N-ethyl adjacent to an activating group) is 1. The molecule has 1 fully saturated rings. The lowest BCUT2D eigenvalue weighted by molar-refractivity contribution is 0.136. The van der Waals surface area contributed by atoms with Crippen LogP contribution in [0.15, 0.2) is 17.1 Å². The number of hydrogen-bond acceptors (Lipinski definition) is 6. The van der Waals surface area contributed by atoms with E-state index < -0.39 is 0 Å². The van der Waals surface area contributed by atoms with Gasteiger partial charge in [0.15, 0.2) is 17.5 Å². The van der Waals surface area contributed by atoms with Gasteiger partial charge in [0.05, 0.1) is 27.9 Å². The summed E-state index contributed by atoms with van der Waals surface area (Å²) in [7, 11) is 4.86. The number of nitrogens with one attached hydrogen (secondary N) is 2. The van der Waals surface area contributed by atoms with Crippen LogP contribution in [0.1, 0.15) is 32.3 Å². The van der Waals surface area contributed by atoms with Gasteiger partial charge < -0.3 is 34.6 Å². The van der Waals surface area contributed by atoms with Crippen LogP contribution in [0, 0.1) is 0 Å². The average molecular weight is 564 g/mol. The standard InChI is InChI=1S/C23H41N5O3.HI/c1-6-24-23(25-10-8-9-11-28-14-12-27(7-2)13-15-28)26-18-19-16-20(29-3)22(31-5)21(17-19)30-4;/h16-17H,6-15,18H2,1-5H3,(H2,24,25,26);1H. The quantitative estimate of drug-likeness (QED) is 0.176. The van der Waals surface area contributed by atoms with E-state index >= 15 is 0 Å². The van der Waals surface area contributed by atoms with Gasteiger partial charge in [-0.3, -0.25) is 0 Å². The van der Waals surface area contributed by atoms with Crippen LogP contribution < -0.4 is 24.8 Å². The Morgan fingerprint density at radius 3 is 2.06 bits per heavy atom. The van der Waals surface area contributed by atoms with Crippen molar-refractivity contribution in [3.8, 4) is 17.2 Å². The number of rotatable bonds is 12. The van der Waals surface area contributed by atoms with Gasteiger partial charge in [0.2, 0.25) is 5.75 Å². The van der Waals surface area contributed by atoms with Gasteiger partial charge in [-0.25, -0.2) is 4.99 Å². The van der Waals surface area contributed by atoms with Crippen molar-refractivity contribution in [1.82, 2.24) is 20.4 Å². The van der Waals surface area contributed by atoms with Crippen LogP contribution in [-0.4, -0.2) is 89.4 Å². The van der Waals surface area contributed by atoms with Crippen molar-refractivity contribution in [2.45, 2.75) is 33.2 Å². The number of ether oxygens (including phenoxy) is 3. The van der Waals surface area contributed by atoms with E-state index in [4.69, 9.17) is 19.2 Å². The number of guanidine groups is 1. The summed E-state index contributed by atoms with van der Waals surface area (Å²) in [6.07, 6.45) is 2.33. The Morgan fingerprint density at radius 2 is 1.53 bits per heavy atom. The third-order valence-electron chi connectivity index (χ3n) is 5.59. The summed E-state index contributed by atoms with van der Waals surface area (Å²) < 4.78 is 16.3. The lowest BCUT2D eigenvalue weighted by atomic mass is 10.2. The predicted octanol–water partition coefficient (Wildman–Crippen LogP) is 2.80. The highest BCUT2D eigenvalue weighted by atomic mass is 127. The van der Waals surface area contributed by atoms with E-state index in [1.807, 2.05) is 12.1 Å². The number of piperazine rings is 1. The Labute approximate surface area is 211 Å². The molecule has 1 saturated heterocycles. The smallest absolute Gasteiger partial charge is 0.203 e. The number of nitrogens with zero attached hydrogens (tertiary/aromatic N) is 3. The molecule has 8 nitrogen and oxygen atoms in total. The summed E-state index contributed by atoms with van der Waals surface area (Å²) in [5, 5.41) is 6.77. The van der Waals surface area contributed by atoms with Gasteiger partial charge in [0.25, 0.3) is 0 Å². The van der Waals surface area contributed by atoms with Crippen molar-refractivity contribution in [3.63, 3.8) is 0 Å². The predicted molar refractivity (Wildman–Crippen MR) is 142 cm³/mol. The molecule has 1 aromatic carbocycles. The topological polar surface area (TPSA) is 70.6 Å². The number of unbranched alkanes of at least 4 members (excludes halogenated alkanes) is 1. The van der Waals surface area contributed by atoms with E-state index in [9.17, 15) is 0 Å². The van der Waals surface area contributed by atoms with Crippen molar-refractivity contribution in [1.29, 1.82) is 0 Å². The average Bonchev–Trinajstić information content (AvgIpc) is 2.81. The Hall–Kier alpha value is -1.46. The Morgan fingerprint density at radius 1 is 0.906 bits per heavy atom. The van der Waals surface area contributed by atoms with Crippen molar-refractivity contribution in [2.24, 2.45) is 4.99 Å². The maximum atomic E-state index is 5.44. The van der Waals surface area contributed by atoms with Crippen LogP contribution in [0.25, 0.3) is 0 Å². The first-order chi connectivity index (χ1) is 15.1. The van der Waals surface area contributed by atoms with Crippen molar-refractivity contribution in [2.75, 3.05) is 73.7 Å². The van der Waals surface area contributed by atoms with Crippen molar-refractivity contribution < 1.29 is 14.2 Å². The molecule has 9 heteroatoms. The summed E-state index contributed by atoms with van der Waals surface area (Å²) in [4.78, 5) is 9.82. The zero-order valence-electron chi connectivity index (χ0n) is 20.4. The number of halogens is 1. The molecule has 32 heavy (non-hydrogen) atoms. The molecule has 1 aliphatic rings. The SMILES string of the molecule is CCNC(=NCc1cc(OC)c(OC)c(OC)c1)NCCCCN1CCN(CC)CC1.I. The van der Waals surface area contributed by atoms with Gasteiger partial charge in [0.1, 0.15) is 0 Å². The van der Waals surface area contributed by atoms with Crippen LogP contribution in [0.2, 0.25) is 0 Å². The highest BCUT2D eigenvalue weighted by Gasteiger charge is 2.15. The van der Waals surface area contributed by atoms with Gasteiger partial charge in [-0.1, -0.05) is 6.92 Å². The van der Waals surface area contributed by atoms with Crippen molar-refractivity contribution >= 4 is 29.9 Å². The first-order valence-electron chi connectivity index (χ1n) is 11.4. The zero-order chi connectivity index (χ0) is 22.5. The molecule has 0 aromatic heterocycles. The molecule has 1 aliphatic heterocycles. The van der Waals surface area contributed by atoms with Gasteiger partial charge in [-0.05, 0) is 50.6 Å². The summed E-state index contributed by atoms with van der Waals surface area (Å²) in [5.41, 5.74) is 0.998. The van der Waals surface area contributed by atoms with E-state index in [2.05, 4.69) is 34.3 Å². The fraction of sp³-hybridized carbons (Fsp3) is 0.696. The molecule has 1 heterocycles. The van der Waals surface area contributed by atoms with Crippen LogP contribution in [0.3, 0.4) is 0 Å². The molecule has 0 bridgehead atoms. The molecule has 0 amide bonds. The third kappa shape index (κ3) is 9.19. The van der Waals surface area contributed by atoms with E-state index in [0.29, 0.717) is 23.8 Å². The molecule has 0 unspecified atom stereocenters. The van der Waals surface area contributed by atoms with Crippen LogP contribution in [-0.2, 0) is 6.54 Å². The zero-order valence-corrected chi connectivity index (χ0v) is 22.7. The first kappa shape index (κ1) is 28.6. The van der Waals surface area contributed by atoms with Crippen LogP contribution in [0.5, 0.6) is 17.2 Å². The van der Waals surface area contributed by atoms with Crippen LogP contribution in [0.4, 0.5) is 0 Å². The maximum absolute atomic E-state index is 5.44. The summed E-state index contributed by atoms with van der Waals surface area (Å²) in [6.45, 7) is 13.7. The number of hydrogen-bond donors (Lipinski definition) is 2. The minimum Gasteiger partial charge on any atom is -0.493 e. The molecule has 1 aromatic rings. The summed E-state index contributed by atoms with van der Waals surface area (Å²) in [5.74, 6) is 2.71. The molecule has 0 spiro atoms. The van der Waals surface area contributed by atoms with Crippen molar-refractivity contribution in [3.05, 3.63) is 17.7 Å². The second-order valence-corrected chi connectivity index (χ2v) is 7.64. The molecular weight excluding hydrogens is 521 g/mol. The summed E-state index contributed by atoms with van der Waals surface area (Å²) >= 11 is 0. The molecule has 2 N–H and O–H groups in total. The molecule has 0 aliphatic carbocycles. The fourth-order valence-corrected chi connectivity index (χ4v) is 3.74. The van der Waals surface area contributed by atoms with Gasteiger partial charge in [-0.15, -0.1) is 24.0 Å². The highest BCUT2D eigenvalue weighted by molar-refractivity contribution is 14.0.